The summed E-state index contributed by atoms with van der Waals surface area (Å²) in [6, 6.07) is 1.62. The van der Waals surface area contributed by atoms with Crippen LogP contribution in [0.2, 0.25) is 0 Å². The van der Waals surface area contributed by atoms with E-state index in [1.807, 2.05) is 13.8 Å². The van der Waals surface area contributed by atoms with Crippen LogP contribution < -0.4 is 0 Å². The van der Waals surface area contributed by atoms with Crippen LogP contribution in [0.5, 0.6) is 0 Å². The summed E-state index contributed by atoms with van der Waals surface area (Å²) in [5.74, 6) is -0.306. The summed E-state index contributed by atoms with van der Waals surface area (Å²) in [4.78, 5) is 25.4. The van der Waals surface area contributed by atoms with Crippen LogP contribution >= 0.6 is 0 Å². The van der Waals surface area contributed by atoms with Gasteiger partial charge in [-0.3, -0.25) is 14.5 Å². The highest BCUT2D eigenvalue weighted by atomic mass is 16.2. The summed E-state index contributed by atoms with van der Waals surface area (Å²) in [5.41, 5.74) is -0.172. The minimum atomic E-state index is -0.497. The van der Waals surface area contributed by atoms with E-state index in [-0.39, 0.29) is 35.0 Å². The second-order valence-electron chi connectivity index (χ2n) is 5.73. The van der Waals surface area contributed by atoms with Crippen molar-refractivity contribution in [1.29, 1.82) is 5.26 Å². The van der Waals surface area contributed by atoms with E-state index in [1.165, 1.54) is 4.90 Å². The Labute approximate surface area is 94.2 Å². The molecule has 0 bridgehead atoms. The maximum Gasteiger partial charge on any atom is 0.234 e. The Morgan fingerprint density at radius 1 is 1.31 bits per heavy atom. The van der Waals surface area contributed by atoms with E-state index in [1.54, 1.807) is 0 Å². The molecule has 3 unspecified atom stereocenters. The summed E-state index contributed by atoms with van der Waals surface area (Å²) >= 11 is 0. The Kier molecular flexibility index (Phi) is 1.63. The number of hydrogen-bond donors (Lipinski definition) is 0. The van der Waals surface area contributed by atoms with Gasteiger partial charge in [-0.25, -0.2) is 0 Å². The van der Waals surface area contributed by atoms with Gasteiger partial charge in [0.15, 0.2) is 0 Å². The number of amides is 2. The summed E-state index contributed by atoms with van der Waals surface area (Å²) in [5, 5.41) is 9.07. The maximum absolute atomic E-state index is 12.1. The van der Waals surface area contributed by atoms with E-state index in [9.17, 15) is 9.59 Å². The molecule has 84 valence electrons. The molecule has 3 fully saturated rings. The molecular formula is C12H14N2O2. The molecule has 3 aliphatic rings. The molecule has 0 aromatic rings. The number of carbonyl (C=O) groups is 2. The molecule has 1 saturated heterocycles. The first kappa shape index (κ1) is 9.83. The van der Waals surface area contributed by atoms with Crippen molar-refractivity contribution < 1.29 is 9.59 Å². The molecule has 4 nitrogen and oxygen atoms in total. The fraction of sp³-hybridized carbons (Fsp3) is 0.750. The zero-order chi connectivity index (χ0) is 11.7. The van der Waals surface area contributed by atoms with Crippen LogP contribution in [0.3, 0.4) is 0 Å². The van der Waals surface area contributed by atoms with Gasteiger partial charge < -0.3 is 0 Å². The number of likely N-dealkylation sites (tertiary alicyclic amines) is 1. The SMILES string of the molecule is CC1(C)C2C(=O)N(C(C#N)C3CC3)C(=O)C21. The van der Waals surface area contributed by atoms with Crippen molar-refractivity contribution in [2.24, 2.45) is 23.2 Å². The molecule has 4 heteroatoms. The second kappa shape index (κ2) is 2.65. The van der Waals surface area contributed by atoms with Crippen LogP contribution in [0.15, 0.2) is 0 Å². The quantitative estimate of drug-likeness (QED) is 0.648. The highest BCUT2D eigenvalue weighted by Crippen LogP contribution is 2.64. The number of carbonyl (C=O) groups excluding carboxylic acids is 2. The van der Waals surface area contributed by atoms with Crippen molar-refractivity contribution in [2.45, 2.75) is 32.7 Å². The predicted molar refractivity (Wildman–Crippen MR) is 54.7 cm³/mol. The molecular weight excluding hydrogens is 204 g/mol. The molecule has 3 rings (SSSR count). The first-order chi connectivity index (χ1) is 7.50. The zero-order valence-electron chi connectivity index (χ0n) is 9.43. The van der Waals surface area contributed by atoms with Crippen LogP contribution in [0.25, 0.3) is 0 Å². The number of hydrogen-bond acceptors (Lipinski definition) is 3. The average Bonchev–Trinajstić information content (AvgIpc) is 3.06. The van der Waals surface area contributed by atoms with E-state index >= 15 is 0 Å². The molecule has 2 saturated carbocycles. The lowest BCUT2D eigenvalue weighted by atomic mass is 10.0. The maximum atomic E-state index is 12.1. The normalized spacial score (nSPS) is 36.9. The van der Waals surface area contributed by atoms with Crippen molar-refractivity contribution >= 4 is 11.8 Å². The number of nitriles is 1. The molecule has 0 aromatic carbocycles. The van der Waals surface area contributed by atoms with Gasteiger partial charge in [0.05, 0.1) is 17.9 Å². The fourth-order valence-electron chi connectivity index (χ4n) is 3.03. The third kappa shape index (κ3) is 0.986. The number of imide groups is 1. The highest BCUT2D eigenvalue weighted by Gasteiger charge is 2.73. The van der Waals surface area contributed by atoms with Crippen molar-refractivity contribution in [3.8, 4) is 6.07 Å². The standard InChI is InChI=1S/C12H14N2O2/c1-12(2)8-9(12)11(16)14(10(8)15)7(5-13)6-3-4-6/h6-9H,3-4H2,1-2H3. The smallest absolute Gasteiger partial charge is 0.234 e. The largest absolute Gasteiger partial charge is 0.274 e. The molecule has 1 aliphatic heterocycles. The number of fused-ring (bicyclic) bond motifs is 1. The molecule has 0 N–H and O–H groups in total. The van der Waals surface area contributed by atoms with Gasteiger partial charge in [0.25, 0.3) is 0 Å². The fourth-order valence-corrected chi connectivity index (χ4v) is 3.03. The number of piperidine rings is 1. The Bertz CT molecular complexity index is 407. The lowest BCUT2D eigenvalue weighted by Crippen LogP contribution is -2.44. The van der Waals surface area contributed by atoms with Crippen LogP contribution in [0.4, 0.5) is 0 Å². The summed E-state index contributed by atoms with van der Waals surface area (Å²) < 4.78 is 0. The predicted octanol–water partition coefficient (Wildman–Crippen LogP) is 0.930. The lowest BCUT2D eigenvalue weighted by Gasteiger charge is -2.24. The first-order valence-electron chi connectivity index (χ1n) is 5.76. The van der Waals surface area contributed by atoms with E-state index < -0.39 is 6.04 Å². The van der Waals surface area contributed by atoms with Crippen molar-refractivity contribution in [1.82, 2.24) is 4.90 Å². The minimum Gasteiger partial charge on any atom is -0.274 e. The van der Waals surface area contributed by atoms with Crippen LogP contribution in [0.1, 0.15) is 26.7 Å². The lowest BCUT2D eigenvalue weighted by molar-refractivity contribution is -0.145. The summed E-state index contributed by atoms with van der Waals surface area (Å²) in [7, 11) is 0. The molecule has 2 amide bonds. The van der Waals surface area contributed by atoms with Crippen LogP contribution in [-0.4, -0.2) is 22.8 Å². The minimum absolute atomic E-state index is 0.113. The molecule has 0 radical (unpaired) electrons. The van der Waals surface area contributed by atoms with Crippen molar-refractivity contribution in [2.75, 3.05) is 0 Å². The van der Waals surface area contributed by atoms with Gasteiger partial charge >= 0.3 is 0 Å². The Balaban J connectivity index is 1.87. The van der Waals surface area contributed by atoms with E-state index in [4.69, 9.17) is 5.26 Å². The number of rotatable bonds is 2. The van der Waals surface area contributed by atoms with E-state index in [0.717, 1.165) is 12.8 Å². The van der Waals surface area contributed by atoms with Crippen molar-refractivity contribution in [3.63, 3.8) is 0 Å². The second-order valence-corrected chi connectivity index (χ2v) is 5.73. The van der Waals surface area contributed by atoms with Crippen LogP contribution in [-0.2, 0) is 9.59 Å². The Morgan fingerprint density at radius 2 is 1.81 bits per heavy atom. The van der Waals surface area contributed by atoms with Gasteiger partial charge in [0.2, 0.25) is 11.8 Å². The summed E-state index contributed by atoms with van der Waals surface area (Å²) in [6.45, 7) is 3.90. The molecule has 3 atom stereocenters. The Hall–Kier alpha value is -1.37. The molecule has 2 aliphatic carbocycles. The Morgan fingerprint density at radius 3 is 2.19 bits per heavy atom. The van der Waals surface area contributed by atoms with Gasteiger partial charge in [0.1, 0.15) is 6.04 Å². The van der Waals surface area contributed by atoms with Gasteiger partial charge in [-0.2, -0.15) is 5.26 Å². The average molecular weight is 218 g/mol. The topological polar surface area (TPSA) is 61.2 Å². The molecule has 1 heterocycles. The third-order valence-corrected chi connectivity index (χ3v) is 4.31. The first-order valence-corrected chi connectivity index (χ1v) is 5.76. The molecule has 0 aromatic heterocycles. The van der Waals surface area contributed by atoms with E-state index in [0.29, 0.717) is 0 Å². The molecule has 0 spiro atoms. The van der Waals surface area contributed by atoms with Gasteiger partial charge in [-0.05, 0) is 24.2 Å². The third-order valence-electron chi connectivity index (χ3n) is 4.31. The number of nitrogens with zero attached hydrogens (tertiary/aromatic N) is 2. The van der Waals surface area contributed by atoms with Gasteiger partial charge in [-0.15, -0.1) is 0 Å². The monoisotopic (exact) mass is 218 g/mol. The summed E-state index contributed by atoms with van der Waals surface area (Å²) in [6.07, 6.45) is 1.93. The van der Waals surface area contributed by atoms with Gasteiger partial charge in [0, 0.05) is 0 Å². The van der Waals surface area contributed by atoms with Crippen LogP contribution in [0, 0.1) is 34.5 Å². The zero-order valence-corrected chi connectivity index (χ0v) is 9.43. The van der Waals surface area contributed by atoms with E-state index in [2.05, 4.69) is 6.07 Å². The van der Waals surface area contributed by atoms with Crippen molar-refractivity contribution in [3.05, 3.63) is 0 Å². The van der Waals surface area contributed by atoms with Gasteiger partial charge in [-0.1, -0.05) is 13.8 Å². The molecule has 16 heavy (non-hydrogen) atoms. The highest BCUT2D eigenvalue weighted by molar-refractivity contribution is 6.10.